The number of ether oxygens (including phenoxy) is 1. The molecule has 0 spiro atoms. The molecular weight excluding hydrogens is 274 g/mol. The average Bonchev–Trinajstić information content (AvgIpc) is 2.50. The normalized spacial score (nSPS) is 10.5. The summed E-state index contributed by atoms with van der Waals surface area (Å²) in [5, 5.41) is 0. The van der Waals surface area contributed by atoms with E-state index < -0.39 is 5.41 Å². The molecular formula is C16H18ClNO2. The van der Waals surface area contributed by atoms with Gasteiger partial charge in [0.2, 0.25) is 0 Å². The van der Waals surface area contributed by atoms with Gasteiger partial charge >= 0.3 is 5.97 Å². The third kappa shape index (κ3) is 2.69. The smallest absolute Gasteiger partial charge is 0.326 e. The first-order valence-electron chi connectivity index (χ1n) is 6.24. The third-order valence-corrected chi connectivity index (χ3v) is 3.44. The molecule has 3 N–H and O–H groups in total. The van der Waals surface area contributed by atoms with Crippen molar-refractivity contribution in [1.82, 2.24) is 0 Å². The van der Waals surface area contributed by atoms with Crippen molar-refractivity contribution in [3.05, 3.63) is 71.8 Å². The summed E-state index contributed by atoms with van der Waals surface area (Å²) in [6, 6.07) is 19.3. The lowest BCUT2D eigenvalue weighted by molar-refractivity contribution is -0.377. The Kier molecular flexibility index (Phi) is 5.74. The van der Waals surface area contributed by atoms with Crippen molar-refractivity contribution in [1.29, 1.82) is 0 Å². The standard InChI is InChI=1S/C16H17NO2.ClH/c1-19-15(18)16(12-17,13-8-4-2-5-9-13)14-10-6-3-7-11-14;/h2-11H,12,17H2,1H3;1H. The summed E-state index contributed by atoms with van der Waals surface area (Å²) in [7, 11) is 1.42. The van der Waals surface area contributed by atoms with Crippen molar-refractivity contribution in [3.8, 4) is 0 Å². The topological polar surface area (TPSA) is 53.9 Å². The van der Waals surface area contributed by atoms with Crippen LogP contribution in [0.25, 0.3) is 0 Å². The molecule has 0 radical (unpaired) electrons. The Balaban J connectivity index is 0.00000200. The number of carbonyl (C=O) groups is 1. The number of quaternary nitrogens is 1. The first-order valence-corrected chi connectivity index (χ1v) is 6.24. The third-order valence-electron chi connectivity index (χ3n) is 3.44. The molecule has 2 aromatic rings. The Morgan fingerprint density at radius 1 is 1.00 bits per heavy atom. The maximum Gasteiger partial charge on any atom is 0.326 e. The van der Waals surface area contributed by atoms with Crippen molar-refractivity contribution in [2.24, 2.45) is 0 Å². The number of esters is 1. The zero-order valence-electron chi connectivity index (χ0n) is 11.4. The molecule has 2 aromatic carbocycles. The van der Waals surface area contributed by atoms with E-state index in [0.29, 0.717) is 6.54 Å². The highest BCUT2D eigenvalue weighted by Crippen LogP contribution is 2.32. The molecule has 0 aromatic heterocycles. The number of hydrogen-bond acceptors (Lipinski definition) is 2. The van der Waals surface area contributed by atoms with Gasteiger partial charge in [-0.3, -0.25) is 4.79 Å². The van der Waals surface area contributed by atoms with Crippen molar-refractivity contribution >= 4 is 5.97 Å². The van der Waals surface area contributed by atoms with E-state index in [1.807, 2.05) is 60.7 Å². The minimum Gasteiger partial charge on any atom is -1.00 e. The molecule has 0 aliphatic heterocycles. The Bertz CT molecular complexity index is 503. The Morgan fingerprint density at radius 3 is 1.70 bits per heavy atom. The van der Waals surface area contributed by atoms with Gasteiger partial charge in [0.1, 0.15) is 0 Å². The number of methoxy groups -OCH3 is 1. The number of carbonyl (C=O) groups excluding carboxylic acids is 1. The minimum atomic E-state index is -0.836. The molecule has 0 fully saturated rings. The molecule has 0 atom stereocenters. The van der Waals surface area contributed by atoms with Gasteiger partial charge in [-0.05, 0) is 11.1 Å². The SMILES string of the molecule is COC(=O)C(C[NH3+])(c1ccccc1)c1ccccc1.[Cl-]. The van der Waals surface area contributed by atoms with E-state index in [2.05, 4.69) is 5.73 Å². The van der Waals surface area contributed by atoms with Crippen molar-refractivity contribution < 1.29 is 27.7 Å². The summed E-state index contributed by atoms with van der Waals surface area (Å²) in [5.41, 5.74) is 4.95. The van der Waals surface area contributed by atoms with Crippen LogP contribution >= 0.6 is 0 Å². The Morgan fingerprint density at radius 2 is 1.40 bits per heavy atom. The van der Waals surface area contributed by atoms with Crippen LogP contribution in [0.4, 0.5) is 0 Å². The molecule has 0 aliphatic rings. The van der Waals surface area contributed by atoms with Crippen LogP contribution in [0.5, 0.6) is 0 Å². The van der Waals surface area contributed by atoms with E-state index in [-0.39, 0.29) is 18.4 Å². The summed E-state index contributed by atoms with van der Waals surface area (Å²) >= 11 is 0. The Hall–Kier alpha value is -1.84. The van der Waals surface area contributed by atoms with Gasteiger partial charge in [0.15, 0.2) is 5.41 Å². The predicted octanol–water partition coefficient (Wildman–Crippen LogP) is -1.61. The zero-order chi connectivity index (χ0) is 13.7. The summed E-state index contributed by atoms with van der Waals surface area (Å²) in [5.74, 6) is -0.278. The van der Waals surface area contributed by atoms with Crippen LogP contribution in [0.1, 0.15) is 11.1 Å². The molecule has 0 heterocycles. The van der Waals surface area contributed by atoms with Gasteiger partial charge in [-0.2, -0.15) is 0 Å². The van der Waals surface area contributed by atoms with Gasteiger partial charge in [-0.15, -0.1) is 0 Å². The van der Waals surface area contributed by atoms with Gasteiger partial charge in [0, 0.05) is 0 Å². The molecule has 4 heteroatoms. The second-order valence-electron chi connectivity index (χ2n) is 4.38. The lowest BCUT2D eigenvalue weighted by Crippen LogP contribution is -3.00. The van der Waals surface area contributed by atoms with Crippen LogP contribution in [0.2, 0.25) is 0 Å². The fourth-order valence-corrected chi connectivity index (χ4v) is 2.41. The highest BCUT2D eigenvalue weighted by Gasteiger charge is 2.44. The van der Waals surface area contributed by atoms with E-state index >= 15 is 0 Å². The molecule has 3 nitrogen and oxygen atoms in total. The van der Waals surface area contributed by atoms with Crippen LogP contribution in [0.3, 0.4) is 0 Å². The summed E-state index contributed by atoms with van der Waals surface area (Å²) in [6.07, 6.45) is 0. The first kappa shape index (κ1) is 16.2. The van der Waals surface area contributed by atoms with Gasteiger partial charge in [-0.1, -0.05) is 60.7 Å². The summed E-state index contributed by atoms with van der Waals surface area (Å²) < 4.78 is 5.04. The van der Waals surface area contributed by atoms with Crippen molar-refractivity contribution in [3.63, 3.8) is 0 Å². The lowest BCUT2D eigenvalue weighted by atomic mass is 9.74. The average molecular weight is 292 g/mol. The maximum absolute atomic E-state index is 12.4. The van der Waals surface area contributed by atoms with E-state index in [1.165, 1.54) is 7.11 Å². The molecule has 0 unspecified atom stereocenters. The monoisotopic (exact) mass is 291 g/mol. The second-order valence-corrected chi connectivity index (χ2v) is 4.38. The molecule has 0 bridgehead atoms. The molecule has 20 heavy (non-hydrogen) atoms. The predicted molar refractivity (Wildman–Crippen MR) is 73.4 cm³/mol. The molecule has 106 valence electrons. The maximum atomic E-state index is 12.4. The first-order chi connectivity index (χ1) is 9.25. The summed E-state index contributed by atoms with van der Waals surface area (Å²) in [6.45, 7) is 0.410. The molecule has 0 saturated heterocycles. The molecule has 0 saturated carbocycles. The number of hydrogen-bond donors (Lipinski definition) is 1. The van der Waals surface area contributed by atoms with Crippen molar-refractivity contribution in [2.75, 3.05) is 13.7 Å². The van der Waals surface area contributed by atoms with E-state index in [4.69, 9.17) is 4.74 Å². The molecule has 0 aliphatic carbocycles. The molecule has 0 amide bonds. The van der Waals surface area contributed by atoms with Crippen LogP contribution < -0.4 is 18.1 Å². The van der Waals surface area contributed by atoms with Gasteiger partial charge < -0.3 is 22.9 Å². The fourth-order valence-electron chi connectivity index (χ4n) is 2.41. The minimum absolute atomic E-state index is 0. The number of benzene rings is 2. The van der Waals surface area contributed by atoms with Gasteiger partial charge in [0.25, 0.3) is 0 Å². The largest absolute Gasteiger partial charge is 1.00 e. The zero-order valence-corrected chi connectivity index (χ0v) is 12.1. The van der Waals surface area contributed by atoms with Crippen LogP contribution in [0, 0.1) is 0 Å². The second kappa shape index (κ2) is 7.08. The van der Waals surface area contributed by atoms with Crippen LogP contribution in [-0.2, 0) is 14.9 Å². The molecule has 2 rings (SSSR count). The van der Waals surface area contributed by atoms with Gasteiger partial charge in [-0.25, -0.2) is 0 Å². The quantitative estimate of drug-likeness (QED) is 0.690. The lowest BCUT2D eigenvalue weighted by Gasteiger charge is -2.28. The highest BCUT2D eigenvalue weighted by atomic mass is 35.5. The highest BCUT2D eigenvalue weighted by molar-refractivity contribution is 5.87. The van der Waals surface area contributed by atoms with E-state index in [0.717, 1.165) is 11.1 Å². The number of halogens is 1. The summed E-state index contributed by atoms with van der Waals surface area (Å²) in [4.78, 5) is 12.4. The van der Waals surface area contributed by atoms with Crippen LogP contribution in [-0.4, -0.2) is 19.6 Å². The van der Waals surface area contributed by atoms with Crippen molar-refractivity contribution in [2.45, 2.75) is 5.41 Å². The van der Waals surface area contributed by atoms with Gasteiger partial charge in [0.05, 0.1) is 13.7 Å². The van der Waals surface area contributed by atoms with E-state index in [9.17, 15) is 4.79 Å². The number of rotatable bonds is 4. The van der Waals surface area contributed by atoms with E-state index in [1.54, 1.807) is 0 Å². The Labute approximate surface area is 125 Å². The fraction of sp³-hybridized carbons (Fsp3) is 0.188. The van der Waals surface area contributed by atoms with Crippen LogP contribution in [0.15, 0.2) is 60.7 Å².